The van der Waals surface area contributed by atoms with Crippen LogP contribution < -0.4 is 16.2 Å². The molecule has 0 spiro atoms. The number of anilines is 1. The Hall–Kier alpha value is -5.13. The largest absolute Gasteiger partial charge is 0.379 e. The maximum atomic E-state index is 12.3. The molecular formula is C24H22N8O4. The second kappa shape index (κ2) is 11.3. The predicted molar refractivity (Wildman–Crippen MR) is 131 cm³/mol. The third kappa shape index (κ3) is 6.26. The number of aromatic nitrogens is 4. The Bertz CT molecular complexity index is 1360. The van der Waals surface area contributed by atoms with Gasteiger partial charge in [0.1, 0.15) is 5.69 Å². The van der Waals surface area contributed by atoms with Crippen LogP contribution >= 0.6 is 0 Å². The number of carbonyl (C=O) groups is 2. The first-order valence-corrected chi connectivity index (χ1v) is 11.0. The van der Waals surface area contributed by atoms with E-state index in [9.17, 15) is 19.7 Å². The standard InChI is InChI=1S/C24H22N8O4/c33-22(14-15-25-20-8-4-5-9-21(20)32(35)36)26-28-24(34)19-12-10-17(11-13-19)16-31-29-23(27-30-31)18-6-2-1-3-7-18/h1-13,25H,14-16H2,(H,26,33)(H,28,34). The summed E-state index contributed by atoms with van der Waals surface area (Å²) >= 11 is 0. The van der Waals surface area contributed by atoms with E-state index < -0.39 is 16.7 Å². The van der Waals surface area contributed by atoms with Gasteiger partial charge in [0, 0.05) is 30.2 Å². The summed E-state index contributed by atoms with van der Waals surface area (Å²) in [5.74, 6) is -0.399. The van der Waals surface area contributed by atoms with Crippen LogP contribution in [0.1, 0.15) is 22.3 Å². The van der Waals surface area contributed by atoms with Crippen molar-refractivity contribution in [3.8, 4) is 11.4 Å². The Labute approximate surface area is 205 Å². The normalized spacial score (nSPS) is 10.4. The first-order valence-electron chi connectivity index (χ1n) is 11.0. The molecule has 3 N–H and O–H groups in total. The summed E-state index contributed by atoms with van der Waals surface area (Å²) in [5.41, 5.74) is 7.02. The average Bonchev–Trinajstić information content (AvgIpc) is 3.37. The Morgan fingerprint density at radius 1 is 0.917 bits per heavy atom. The Morgan fingerprint density at radius 3 is 2.39 bits per heavy atom. The Kier molecular flexibility index (Phi) is 7.56. The summed E-state index contributed by atoms with van der Waals surface area (Å²) in [5, 5.41) is 26.4. The number of nitro groups is 1. The number of hydrogen-bond acceptors (Lipinski definition) is 8. The third-order valence-corrected chi connectivity index (χ3v) is 5.11. The molecule has 36 heavy (non-hydrogen) atoms. The molecule has 12 nitrogen and oxygen atoms in total. The highest BCUT2D eigenvalue weighted by atomic mass is 16.6. The van der Waals surface area contributed by atoms with Crippen molar-refractivity contribution in [3.63, 3.8) is 0 Å². The smallest absolute Gasteiger partial charge is 0.292 e. The van der Waals surface area contributed by atoms with Gasteiger partial charge in [-0.2, -0.15) is 4.80 Å². The minimum Gasteiger partial charge on any atom is -0.379 e. The minimum atomic E-state index is -0.502. The van der Waals surface area contributed by atoms with Gasteiger partial charge in [0.2, 0.25) is 11.7 Å². The van der Waals surface area contributed by atoms with Gasteiger partial charge in [0.25, 0.3) is 11.6 Å². The molecule has 1 heterocycles. The van der Waals surface area contributed by atoms with E-state index in [0.717, 1.165) is 11.1 Å². The molecule has 1 aromatic heterocycles. The zero-order valence-electron chi connectivity index (χ0n) is 19.0. The lowest BCUT2D eigenvalue weighted by Gasteiger charge is -2.09. The van der Waals surface area contributed by atoms with Crippen LogP contribution in [-0.4, -0.2) is 43.5 Å². The van der Waals surface area contributed by atoms with Crippen LogP contribution in [0.5, 0.6) is 0 Å². The summed E-state index contributed by atoms with van der Waals surface area (Å²) in [6.45, 7) is 0.536. The number of nitrogens with one attached hydrogen (secondary N) is 3. The fourth-order valence-electron chi connectivity index (χ4n) is 3.29. The zero-order chi connectivity index (χ0) is 25.3. The van der Waals surface area contributed by atoms with E-state index in [4.69, 9.17) is 0 Å². The summed E-state index contributed by atoms with van der Waals surface area (Å²) in [4.78, 5) is 36.4. The fraction of sp³-hybridized carbons (Fsp3) is 0.125. The topological polar surface area (TPSA) is 157 Å². The lowest BCUT2D eigenvalue weighted by Crippen LogP contribution is -2.42. The Morgan fingerprint density at radius 2 is 1.64 bits per heavy atom. The Balaban J connectivity index is 1.23. The average molecular weight is 486 g/mol. The maximum Gasteiger partial charge on any atom is 0.292 e. The first kappa shape index (κ1) is 24.0. The number of hydrazine groups is 1. The molecule has 0 aliphatic carbocycles. The van der Waals surface area contributed by atoms with Gasteiger partial charge >= 0.3 is 0 Å². The fourth-order valence-corrected chi connectivity index (χ4v) is 3.29. The number of para-hydroxylation sites is 2. The quantitative estimate of drug-likeness (QED) is 0.241. The molecule has 0 saturated carbocycles. The van der Waals surface area contributed by atoms with Crippen LogP contribution in [0, 0.1) is 10.1 Å². The molecule has 0 radical (unpaired) electrons. The highest BCUT2D eigenvalue weighted by Gasteiger charge is 2.13. The van der Waals surface area contributed by atoms with Crippen LogP contribution in [0.15, 0.2) is 78.9 Å². The van der Waals surface area contributed by atoms with Crippen LogP contribution in [0.25, 0.3) is 11.4 Å². The van der Waals surface area contributed by atoms with Gasteiger partial charge in [0.05, 0.1) is 11.5 Å². The van der Waals surface area contributed by atoms with Gasteiger partial charge in [-0.05, 0) is 29.0 Å². The van der Waals surface area contributed by atoms with Crippen molar-refractivity contribution in [3.05, 3.63) is 100 Å². The summed E-state index contributed by atoms with van der Waals surface area (Å²) < 4.78 is 0. The minimum absolute atomic E-state index is 0.00113. The van der Waals surface area contributed by atoms with Crippen LogP contribution in [0.2, 0.25) is 0 Å². The summed E-state index contributed by atoms with van der Waals surface area (Å²) in [7, 11) is 0. The maximum absolute atomic E-state index is 12.3. The van der Waals surface area contributed by atoms with Crippen LogP contribution in [0.3, 0.4) is 0 Å². The molecule has 12 heteroatoms. The van der Waals surface area contributed by atoms with Gasteiger partial charge in [-0.25, -0.2) is 0 Å². The number of hydrogen-bond donors (Lipinski definition) is 3. The second-order valence-electron chi connectivity index (χ2n) is 7.66. The molecule has 0 fully saturated rings. The number of amides is 2. The van der Waals surface area contributed by atoms with E-state index in [-0.39, 0.29) is 18.7 Å². The third-order valence-electron chi connectivity index (χ3n) is 5.11. The molecule has 0 aliphatic heterocycles. The van der Waals surface area contributed by atoms with E-state index in [1.54, 1.807) is 42.5 Å². The molecule has 0 unspecified atom stereocenters. The van der Waals surface area contributed by atoms with Gasteiger partial charge in [-0.3, -0.25) is 30.6 Å². The monoisotopic (exact) mass is 486 g/mol. The van der Waals surface area contributed by atoms with Crippen molar-refractivity contribution in [2.24, 2.45) is 0 Å². The predicted octanol–water partition coefficient (Wildman–Crippen LogP) is 2.56. The van der Waals surface area contributed by atoms with Crippen LogP contribution in [-0.2, 0) is 11.3 Å². The van der Waals surface area contributed by atoms with Crippen molar-refractivity contribution in [1.29, 1.82) is 0 Å². The number of rotatable bonds is 9. The molecule has 0 bridgehead atoms. The van der Waals surface area contributed by atoms with Gasteiger partial charge in [0.15, 0.2) is 0 Å². The van der Waals surface area contributed by atoms with E-state index in [0.29, 0.717) is 23.6 Å². The molecule has 0 saturated heterocycles. The lowest BCUT2D eigenvalue weighted by atomic mass is 10.1. The SMILES string of the molecule is O=C(CCNc1ccccc1[N+](=O)[O-])NNC(=O)c1ccc(Cn2nnc(-c3ccccc3)n2)cc1. The number of benzene rings is 3. The van der Waals surface area contributed by atoms with Gasteiger partial charge in [-0.15, -0.1) is 10.2 Å². The van der Waals surface area contributed by atoms with Crippen LogP contribution in [0.4, 0.5) is 11.4 Å². The highest BCUT2D eigenvalue weighted by molar-refractivity contribution is 5.95. The molecule has 4 rings (SSSR count). The number of nitrogens with zero attached hydrogens (tertiary/aromatic N) is 5. The number of tetrazole rings is 1. The molecule has 2 amide bonds. The van der Waals surface area contributed by atoms with Gasteiger partial charge < -0.3 is 5.32 Å². The molecular weight excluding hydrogens is 464 g/mol. The summed E-state index contributed by atoms with van der Waals surface area (Å²) in [6, 6.07) is 22.4. The second-order valence-corrected chi connectivity index (χ2v) is 7.66. The van der Waals surface area contributed by atoms with Crippen molar-refractivity contribution in [2.45, 2.75) is 13.0 Å². The van der Waals surface area contributed by atoms with Crippen molar-refractivity contribution in [2.75, 3.05) is 11.9 Å². The van der Waals surface area contributed by atoms with Crippen molar-refractivity contribution in [1.82, 2.24) is 31.1 Å². The zero-order valence-corrected chi connectivity index (χ0v) is 19.0. The van der Waals surface area contributed by atoms with E-state index in [1.165, 1.54) is 10.9 Å². The van der Waals surface area contributed by atoms with E-state index >= 15 is 0 Å². The highest BCUT2D eigenvalue weighted by Crippen LogP contribution is 2.22. The van der Waals surface area contributed by atoms with Gasteiger partial charge in [-0.1, -0.05) is 54.6 Å². The molecule has 0 aliphatic rings. The number of carbonyl (C=O) groups excluding carboxylic acids is 2. The van der Waals surface area contributed by atoms with E-state index in [2.05, 4.69) is 31.6 Å². The van der Waals surface area contributed by atoms with Crippen molar-refractivity contribution < 1.29 is 14.5 Å². The summed E-state index contributed by atoms with van der Waals surface area (Å²) in [6.07, 6.45) is 0.00113. The molecule has 3 aromatic carbocycles. The van der Waals surface area contributed by atoms with Crippen molar-refractivity contribution >= 4 is 23.2 Å². The molecule has 4 aromatic rings. The molecule has 0 atom stereocenters. The first-order chi connectivity index (χ1) is 17.5. The van der Waals surface area contributed by atoms with E-state index in [1.807, 2.05) is 30.3 Å². The number of nitro benzene ring substituents is 1. The molecule has 182 valence electrons. The lowest BCUT2D eigenvalue weighted by molar-refractivity contribution is -0.384.